The molecule has 0 bridgehead atoms. The minimum atomic E-state index is -0.257. The number of nitrogens with zero attached hydrogens (tertiary/aromatic N) is 2. The van der Waals surface area contributed by atoms with Crippen LogP contribution in [0.5, 0.6) is 0 Å². The molecule has 3 N–H and O–H groups in total. The van der Waals surface area contributed by atoms with Crippen LogP contribution in [0, 0.1) is 5.92 Å². The lowest BCUT2D eigenvalue weighted by molar-refractivity contribution is 0.0760. The number of aromatic nitrogens is 1. The Bertz CT molecular complexity index is 438. The molecule has 6 nitrogen and oxygen atoms in total. The maximum absolute atomic E-state index is 12.4. The smallest absolute Gasteiger partial charge is 0.275 e. The lowest BCUT2D eigenvalue weighted by Gasteiger charge is -2.18. The van der Waals surface area contributed by atoms with Crippen molar-refractivity contribution in [2.24, 2.45) is 11.7 Å². The Labute approximate surface area is 119 Å². The minimum absolute atomic E-state index is 0.0694. The molecule has 0 spiro atoms. The molecule has 6 heteroatoms. The summed E-state index contributed by atoms with van der Waals surface area (Å²) in [6.07, 6.45) is 3.34. The first-order valence-electron chi connectivity index (χ1n) is 7.34. The Kier molecular flexibility index (Phi) is 5.14. The number of rotatable bonds is 4. The molecule has 0 saturated carbocycles. The van der Waals surface area contributed by atoms with Crippen molar-refractivity contribution in [1.82, 2.24) is 15.2 Å². The van der Waals surface area contributed by atoms with E-state index in [4.69, 9.17) is 10.2 Å². The Hall–Kier alpha value is -1.40. The Morgan fingerprint density at radius 1 is 1.55 bits per heavy atom. The van der Waals surface area contributed by atoms with Crippen LogP contribution >= 0.6 is 0 Å². The van der Waals surface area contributed by atoms with Gasteiger partial charge in [0.1, 0.15) is 6.26 Å². The van der Waals surface area contributed by atoms with E-state index in [1.807, 2.05) is 4.90 Å². The van der Waals surface area contributed by atoms with Crippen molar-refractivity contribution < 1.29 is 9.21 Å². The Morgan fingerprint density at radius 3 is 3.10 bits per heavy atom. The second kappa shape index (κ2) is 6.85. The predicted molar refractivity (Wildman–Crippen MR) is 76.3 cm³/mol. The maximum atomic E-state index is 12.4. The van der Waals surface area contributed by atoms with Gasteiger partial charge in [0.05, 0.1) is 6.04 Å². The van der Waals surface area contributed by atoms with Crippen LogP contribution in [0.25, 0.3) is 0 Å². The highest BCUT2D eigenvalue weighted by Gasteiger charge is 2.24. The van der Waals surface area contributed by atoms with Gasteiger partial charge >= 0.3 is 0 Å². The number of hydrogen-bond donors (Lipinski definition) is 2. The number of oxazole rings is 1. The van der Waals surface area contributed by atoms with Gasteiger partial charge in [-0.25, -0.2) is 4.98 Å². The fourth-order valence-electron chi connectivity index (χ4n) is 2.25. The summed E-state index contributed by atoms with van der Waals surface area (Å²) in [5.74, 6) is 0.662. The summed E-state index contributed by atoms with van der Waals surface area (Å²) in [7, 11) is 0. The summed E-state index contributed by atoms with van der Waals surface area (Å²) >= 11 is 0. The first-order chi connectivity index (χ1) is 9.63. The molecule has 1 aromatic rings. The van der Waals surface area contributed by atoms with Crippen LogP contribution in [0.4, 0.5) is 0 Å². The highest BCUT2D eigenvalue weighted by atomic mass is 16.3. The van der Waals surface area contributed by atoms with Crippen LogP contribution in [0.1, 0.15) is 49.1 Å². The molecule has 1 amide bonds. The lowest BCUT2D eigenvalue weighted by Crippen LogP contribution is -2.34. The van der Waals surface area contributed by atoms with Crippen molar-refractivity contribution in [3.63, 3.8) is 0 Å². The van der Waals surface area contributed by atoms with Crippen molar-refractivity contribution in [3.05, 3.63) is 17.8 Å². The minimum Gasteiger partial charge on any atom is -0.446 e. The van der Waals surface area contributed by atoms with Crippen LogP contribution in [-0.2, 0) is 0 Å². The van der Waals surface area contributed by atoms with Gasteiger partial charge in [-0.05, 0) is 18.9 Å². The molecule has 0 aliphatic carbocycles. The topological polar surface area (TPSA) is 84.4 Å². The summed E-state index contributed by atoms with van der Waals surface area (Å²) < 4.78 is 5.39. The van der Waals surface area contributed by atoms with E-state index >= 15 is 0 Å². The number of amides is 1. The number of carbonyl (C=O) groups is 1. The van der Waals surface area contributed by atoms with Gasteiger partial charge in [0.2, 0.25) is 5.89 Å². The number of carbonyl (C=O) groups excluding carboxylic acids is 1. The van der Waals surface area contributed by atoms with Gasteiger partial charge in [0.25, 0.3) is 5.91 Å². The van der Waals surface area contributed by atoms with Gasteiger partial charge in [-0.15, -0.1) is 0 Å². The molecule has 2 unspecified atom stereocenters. The van der Waals surface area contributed by atoms with Crippen LogP contribution < -0.4 is 11.1 Å². The van der Waals surface area contributed by atoms with Gasteiger partial charge in [-0.1, -0.05) is 20.3 Å². The molecule has 2 rings (SSSR count). The molecule has 2 heterocycles. The first kappa shape index (κ1) is 15.0. The summed E-state index contributed by atoms with van der Waals surface area (Å²) in [4.78, 5) is 18.5. The molecule has 0 aromatic carbocycles. The van der Waals surface area contributed by atoms with Crippen LogP contribution in [0.2, 0.25) is 0 Å². The molecule has 1 saturated heterocycles. The monoisotopic (exact) mass is 280 g/mol. The zero-order chi connectivity index (χ0) is 14.5. The molecule has 20 heavy (non-hydrogen) atoms. The van der Waals surface area contributed by atoms with Crippen molar-refractivity contribution in [3.8, 4) is 0 Å². The zero-order valence-electron chi connectivity index (χ0n) is 12.3. The van der Waals surface area contributed by atoms with Gasteiger partial charge in [0.15, 0.2) is 5.69 Å². The van der Waals surface area contributed by atoms with E-state index in [-0.39, 0.29) is 17.9 Å². The first-order valence-corrected chi connectivity index (χ1v) is 7.34. The largest absolute Gasteiger partial charge is 0.446 e. The Morgan fingerprint density at radius 2 is 2.35 bits per heavy atom. The van der Waals surface area contributed by atoms with E-state index in [2.05, 4.69) is 24.1 Å². The number of nitrogens with one attached hydrogen (secondary N) is 1. The van der Waals surface area contributed by atoms with E-state index in [1.54, 1.807) is 0 Å². The average Bonchev–Trinajstić information content (AvgIpc) is 2.80. The zero-order valence-corrected chi connectivity index (χ0v) is 12.3. The SMILES string of the molecule is CCC(C)C(N)c1nc(C(=O)N2CCCNCC2)co1. The second-order valence-corrected chi connectivity index (χ2v) is 5.38. The maximum Gasteiger partial charge on any atom is 0.275 e. The van der Waals surface area contributed by atoms with Gasteiger partial charge in [0, 0.05) is 19.6 Å². The van der Waals surface area contributed by atoms with E-state index < -0.39 is 0 Å². The fourth-order valence-corrected chi connectivity index (χ4v) is 2.25. The average molecular weight is 280 g/mol. The number of nitrogens with two attached hydrogens (primary N) is 1. The van der Waals surface area contributed by atoms with Crippen LogP contribution in [-0.4, -0.2) is 42.0 Å². The third kappa shape index (κ3) is 3.37. The van der Waals surface area contributed by atoms with Crippen LogP contribution in [0.15, 0.2) is 10.7 Å². The summed E-state index contributed by atoms with van der Waals surface area (Å²) in [6.45, 7) is 7.36. The van der Waals surface area contributed by atoms with Crippen molar-refractivity contribution in [2.45, 2.75) is 32.7 Å². The van der Waals surface area contributed by atoms with E-state index in [0.29, 0.717) is 18.1 Å². The highest BCUT2D eigenvalue weighted by molar-refractivity contribution is 5.92. The van der Waals surface area contributed by atoms with E-state index in [9.17, 15) is 4.79 Å². The molecule has 112 valence electrons. The quantitative estimate of drug-likeness (QED) is 0.864. The molecule has 1 aliphatic heterocycles. The molecule has 2 atom stereocenters. The summed E-state index contributed by atoms with van der Waals surface area (Å²) in [5.41, 5.74) is 6.44. The molecule has 0 radical (unpaired) electrons. The highest BCUT2D eigenvalue weighted by Crippen LogP contribution is 2.21. The standard InChI is InChI=1S/C14H24N4O2/c1-3-10(2)12(15)13-17-11(9-20-13)14(19)18-7-4-5-16-6-8-18/h9-10,12,16H,3-8,15H2,1-2H3. The van der Waals surface area contributed by atoms with Gasteiger partial charge in [-0.3, -0.25) is 4.79 Å². The number of hydrogen-bond acceptors (Lipinski definition) is 5. The third-order valence-corrected chi connectivity index (χ3v) is 3.91. The molecular weight excluding hydrogens is 256 g/mol. The molecule has 1 aliphatic rings. The Balaban J connectivity index is 2.05. The summed E-state index contributed by atoms with van der Waals surface area (Å²) in [6, 6.07) is -0.257. The van der Waals surface area contributed by atoms with Gasteiger partial charge < -0.3 is 20.4 Å². The third-order valence-electron chi connectivity index (χ3n) is 3.91. The second-order valence-electron chi connectivity index (χ2n) is 5.38. The lowest BCUT2D eigenvalue weighted by atomic mass is 10.0. The van der Waals surface area contributed by atoms with Crippen molar-refractivity contribution in [2.75, 3.05) is 26.2 Å². The molecule has 1 fully saturated rings. The normalized spacial score (nSPS) is 19.4. The molecular formula is C14H24N4O2. The summed E-state index contributed by atoms with van der Waals surface area (Å²) in [5, 5.41) is 3.27. The van der Waals surface area contributed by atoms with Gasteiger partial charge in [-0.2, -0.15) is 0 Å². The van der Waals surface area contributed by atoms with E-state index in [0.717, 1.165) is 32.5 Å². The van der Waals surface area contributed by atoms with Crippen molar-refractivity contribution >= 4 is 5.91 Å². The predicted octanol–water partition coefficient (Wildman–Crippen LogP) is 1.16. The van der Waals surface area contributed by atoms with Crippen LogP contribution in [0.3, 0.4) is 0 Å². The fraction of sp³-hybridized carbons (Fsp3) is 0.714. The van der Waals surface area contributed by atoms with Crippen molar-refractivity contribution in [1.29, 1.82) is 0 Å². The van der Waals surface area contributed by atoms with E-state index in [1.165, 1.54) is 6.26 Å². The molecule has 1 aromatic heterocycles.